The molecule has 0 aliphatic rings. The fraction of sp³-hybridized carbons (Fsp3) is 0.350. The van der Waals surface area contributed by atoms with Crippen LogP contribution >= 0.6 is 7.60 Å². The molecule has 26 heavy (non-hydrogen) atoms. The third-order valence-corrected chi connectivity index (χ3v) is 6.55. The summed E-state index contributed by atoms with van der Waals surface area (Å²) < 4.78 is 25.0. The Morgan fingerprint density at radius 1 is 0.962 bits per heavy atom. The molecule has 0 amide bonds. The Labute approximate surface area is 155 Å². The minimum Gasteiger partial charge on any atom is -0.326 e. The molecular weight excluding hydrogens is 349 g/mol. The minimum absolute atomic E-state index is 0.0904. The number of carbonyl (C=O) groups is 1. The van der Waals surface area contributed by atoms with E-state index in [4.69, 9.17) is 14.8 Å². The van der Waals surface area contributed by atoms with E-state index in [1.165, 1.54) is 6.92 Å². The number of carbonyl (C=O) groups excluding carboxylic acids is 1. The first kappa shape index (κ1) is 20.5. The van der Waals surface area contributed by atoms with Crippen LogP contribution in [-0.2, 0) is 31.6 Å². The highest BCUT2D eigenvalue weighted by Crippen LogP contribution is 2.56. The Kier molecular flexibility index (Phi) is 7.73. The lowest BCUT2D eigenvalue weighted by Crippen LogP contribution is -2.39. The first-order chi connectivity index (χ1) is 12.5. The molecule has 0 aliphatic heterocycles. The standard InChI is InChI=1S/C20H26NO4P/c1-3-19(21)20(16(2)22)26(23,24-14-17-10-6-4-7-11-17)25-15-18-12-8-5-9-13-18/h4-13,19-20H,3,14-15,21H2,1-2H3. The molecule has 0 aromatic heterocycles. The smallest absolute Gasteiger partial charge is 0.326 e. The molecule has 0 bridgehead atoms. The van der Waals surface area contributed by atoms with E-state index in [9.17, 15) is 9.36 Å². The summed E-state index contributed by atoms with van der Waals surface area (Å²) in [5.41, 5.74) is 6.80. The molecule has 2 aromatic carbocycles. The second kappa shape index (κ2) is 9.79. The lowest BCUT2D eigenvalue weighted by molar-refractivity contribution is -0.117. The van der Waals surface area contributed by atoms with Gasteiger partial charge >= 0.3 is 7.60 Å². The second-order valence-electron chi connectivity index (χ2n) is 6.19. The van der Waals surface area contributed by atoms with Gasteiger partial charge in [0.15, 0.2) is 0 Å². The summed E-state index contributed by atoms with van der Waals surface area (Å²) in [6, 6.07) is 18.1. The Bertz CT molecular complexity index is 688. The molecule has 2 atom stereocenters. The van der Waals surface area contributed by atoms with E-state index in [1.54, 1.807) is 0 Å². The maximum Gasteiger partial charge on any atom is 0.343 e. The van der Waals surface area contributed by atoms with Crippen molar-refractivity contribution >= 4 is 13.4 Å². The summed E-state index contributed by atoms with van der Waals surface area (Å²) in [6.07, 6.45) is 0.498. The van der Waals surface area contributed by atoms with Crippen LogP contribution in [0.1, 0.15) is 31.4 Å². The van der Waals surface area contributed by atoms with Crippen LogP contribution in [0.25, 0.3) is 0 Å². The molecule has 2 unspecified atom stereocenters. The first-order valence-electron chi connectivity index (χ1n) is 8.69. The van der Waals surface area contributed by atoms with Gasteiger partial charge in [-0.2, -0.15) is 0 Å². The van der Waals surface area contributed by atoms with Crippen molar-refractivity contribution in [2.24, 2.45) is 5.73 Å². The van der Waals surface area contributed by atoms with Gasteiger partial charge in [0.1, 0.15) is 11.4 Å². The number of benzene rings is 2. The monoisotopic (exact) mass is 375 g/mol. The molecule has 0 radical (unpaired) electrons. The van der Waals surface area contributed by atoms with Crippen molar-refractivity contribution in [3.05, 3.63) is 71.8 Å². The number of hydrogen-bond donors (Lipinski definition) is 1. The minimum atomic E-state index is -3.76. The topological polar surface area (TPSA) is 78.6 Å². The SMILES string of the molecule is CCC(N)C(C(C)=O)P(=O)(OCc1ccccc1)OCc1ccccc1. The maximum absolute atomic E-state index is 13.6. The summed E-state index contributed by atoms with van der Waals surface area (Å²) in [5.74, 6) is -0.288. The highest BCUT2D eigenvalue weighted by atomic mass is 31.2. The van der Waals surface area contributed by atoms with Gasteiger partial charge in [-0.05, 0) is 24.5 Å². The van der Waals surface area contributed by atoms with Gasteiger partial charge in [-0.25, -0.2) is 0 Å². The molecule has 5 nitrogen and oxygen atoms in total. The molecule has 0 heterocycles. The quantitative estimate of drug-likeness (QED) is 0.626. The summed E-state index contributed by atoms with van der Waals surface area (Å²) in [5, 5.41) is 0. The predicted octanol–water partition coefficient (Wildman–Crippen LogP) is 4.31. The molecule has 0 saturated heterocycles. The predicted molar refractivity (Wildman–Crippen MR) is 103 cm³/mol. The van der Waals surface area contributed by atoms with Crippen LogP contribution in [0, 0.1) is 0 Å². The van der Waals surface area contributed by atoms with Gasteiger partial charge in [-0.1, -0.05) is 67.6 Å². The summed E-state index contributed by atoms with van der Waals surface area (Å²) in [7, 11) is -3.76. The highest BCUT2D eigenvalue weighted by molar-refractivity contribution is 7.55. The van der Waals surface area contributed by atoms with E-state index < -0.39 is 19.3 Å². The van der Waals surface area contributed by atoms with E-state index in [2.05, 4.69) is 0 Å². The van der Waals surface area contributed by atoms with Gasteiger partial charge in [-0.15, -0.1) is 0 Å². The van der Waals surface area contributed by atoms with Crippen LogP contribution < -0.4 is 5.73 Å². The third kappa shape index (κ3) is 5.61. The van der Waals surface area contributed by atoms with E-state index in [-0.39, 0.29) is 19.0 Å². The average molecular weight is 375 g/mol. The summed E-state index contributed by atoms with van der Waals surface area (Å²) in [6.45, 7) is 3.41. The van der Waals surface area contributed by atoms with Crippen LogP contribution in [0.5, 0.6) is 0 Å². The van der Waals surface area contributed by atoms with Gasteiger partial charge in [0, 0.05) is 6.04 Å². The second-order valence-corrected chi connectivity index (χ2v) is 8.34. The van der Waals surface area contributed by atoms with Crippen LogP contribution in [-0.4, -0.2) is 17.5 Å². The van der Waals surface area contributed by atoms with E-state index in [0.717, 1.165) is 11.1 Å². The zero-order chi connectivity index (χ0) is 19.0. The molecule has 140 valence electrons. The molecule has 0 aliphatic carbocycles. The van der Waals surface area contributed by atoms with Gasteiger partial charge in [0.2, 0.25) is 0 Å². The molecule has 0 spiro atoms. The van der Waals surface area contributed by atoms with Crippen molar-refractivity contribution in [2.45, 2.75) is 45.2 Å². The zero-order valence-corrected chi connectivity index (χ0v) is 16.1. The molecule has 0 saturated carbocycles. The number of hydrogen-bond acceptors (Lipinski definition) is 5. The van der Waals surface area contributed by atoms with E-state index >= 15 is 0 Å². The third-order valence-electron chi connectivity index (χ3n) is 4.14. The Morgan fingerprint density at radius 3 is 1.73 bits per heavy atom. The molecule has 2 aromatic rings. The van der Waals surface area contributed by atoms with Crippen molar-refractivity contribution in [1.29, 1.82) is 0 Å². The van der Waals surface area contributed by atoms with Crippen LogP contribution in [0.15, 0.2) is 60.7 Å². The van der Waals surface area contributed by atoms with Crippen LogP contribution in [0.3, 0.4) is 0 Å². The number of nitrogens with two attached hydrogens (primary N) is 1. The average Bonchev–Trinajstić information content (AvgIpc) is 2.66. The Hall–Kier alpha value is -1.78. The van der Waals surface area contributed by atoms with Gasteiger partial charge in [0.25, 0.3) is 0 Å². The van der Waals surface area contributed by atoms with Gasteiger partial charge in [-0.3, -0.25) is 9.36 Å². The maximum atomic E-state index is 13.6. The van der Waals surface area contributed by atoms with E-state index in [0.29, 0.717) is 6.42 Å². The van der Waals surface area contributed by atoms with E-state index in [1.807, 2.05) is 67.6 Å². The molecule has 6 heteroatoms. The largest absolute Gasteiger partial charge is 0.343 e. The van der Waals surface area contributed by atoms with Crippen molar-refractivity contribution in [3.8, 4) is 0 Å². The zero-order valence-electron chi connectivity index (χ0n) is 15.2. The summed E-state index contributed by atoms with van der Waals surface area (Å²) in [4.78, 5) is 12.2. The molecule has 2 N–H and O–H groups in total. The molecule has 0 fully saturated rings. The number of Topliss-reactive ketones (excluding diaryl/α,β-unsaturated/α-hetero) is 1. The van der Waals surface area contributed by atoms with Crippen LogP contribution in [0.2, 0.25) is 0 Å². The molecular formula is C20H26NO4P. The first-order valence-corrected chi connectivity index (χ1v) is 10.3. The number of rotatable bonds is 10. The fourth-order valence-electron chi connectivity index (χ4n) is 2.66. The lowest BCUT2D eigenvalue weighted by Gasteiger charge is -2.29. The Morgan fingerprint density at radius 2 is 1.38 bits per heavy atom. The Balaban J connectivity index is 2.23. The van der Waals surface area contributed by atoms with Crippen molar-refractivity contribution in [3.63, 3.8) is 0 Å². The van der Waals surface area contributed by atoms with Crippen molar-refractivity contribution in [1.82, 2.24) is 0 Å². The van der Waals surface area contributed by atoms with Crippen molar-refractivity contribution < 1.29 is 18.4 Å². The van der Waals surface area contributed by atoms with Gasteiger partial charge in [0.05, 0.1) is 13.2 Å². The fourth-order valence-corrected chi connectivity index (χ4v) is 4.84. The lowest BCUT2D eigenvalue weighted by atomic mass is 10.1. The van der Waals surface area contributed by atoms with Crippen LogP contribution in [0.4, 0.5) is 0 Å². The normalized spacial score (nSPS) is 14.0. The highest BCUT2D eigenvalue weighted by Gasteiger charge is 2.43. The summed E-state index contributed by atoms with van der Waals surface area (Å²) >= 11 is 0. The molecule has 2 rings (SSSR count). The van der Waals surface area contributed by atoms with Gasteiger partial charge < -0.3 is 14.8 Å². The number of ketones is 1. The van der Waals surface area contributed by atoms with Crippen molar-refractivity contribution in [2.75, 3.05) is 0 Å².